The molecular weight excluding hydrogens is 381 g/mol. The van der Waals surface area contributed by atoms with Crippen molar-refractivity contribution in [2.75, 3.05) is 25.5 Å². The Bertz CT molecular complexity index is 825. The van der Waals surface area contributed by atoms with E-state index in [1.165, 1.54) is 18.2 Å². The van der Waals surface area contributed by atoms with Crippen LogP contribution in [-0.2, 0) is 14.4 Å². The predicted octanol–water partition coefficient (Wildman–Crippen LogP) is -0.435. The van der Waals surface area contributed by atoms with Crippen LogP contribution in [0, 0.1) is 5.82 Å². The number of imide groups is 1. The number of benzene rings is 1. The van der Waals surface area contributed by atoms with Crippen LogP contribution in [0.2, 0.25) is 0 Å². The Kier molecular flexibility index (Phi) is 6.12. The van der Waals surface area contributed by atoms with E-state index in [1.54, 1.807) is 13.1 Å². The first kappa shape index (κ1) is 20.7. The molecule has 0 radical (unpaired) electrons. The van der Waals surface area contributed by atoms with Gasteiger partial charge in [-0.25, -0.2) is 9.18 Å². The number of rotatable bonds is 6. The summed E-state index contributed by atoms with van der Waals surface area (Å²) in [5, 5.41) is 6.01. The van der Waals surface area contributed by atoms with E-state index in [1.807, 2.05) is 0 Å². The monoisotopic (exact) mass is 406 g/mol. The number of carbonyl (C=O) groups is 4. The number of likely N-dealkylation sites (N-methyl/N-ethyl adjacent to an activating group) is 1. The molecule has 0 aromatic heterocycles. The normalized spacial score (nSPS) is 19.0. The minimum atomic E-state index is -0.911. The highest BCUT2D eigenvalue weighted by Gasteiger charge is 2.52. The minimum absolute atomic E-state index is 0.0476. The summed E-state index contributed by atoms with van der Waals surface area (Å²) in [6.45, 7) is -0.172. The second-order valence-corrected chi connectivity index (χ2v) is 7.62. The first-order valence-electron chi connectivity index (χ1n) is 9.62. The van der Waals surface area contributed by atoms with Crippen molar-refractivity contribution in [2.24, 2.45) is 0 Å². The van der Waals surface area contributed by atoms with Crippen LogP contribution in [0.1, 0.15) is 32.1 Å². The Labute approximate surface area is 167 Å². The molecule has 1 aromatic carbocycles. The quantitative estimate of drug-likeness (QED) is 0.480. The Morgan fingerprint density at radius 2 is 1.86 bits per heavy atom. The topological polar surface area (TPSA) is 112 Å². The van der Waals surface area contributed by atoms with E-state index in [4.69, 9.17) is 0 Å². The molecule has 1 aliphatic carbocycles. The number of anilines is 1. The third-order valence-electron chi connectivity index (χ3n) is 5.14. The van der Waals surface area contributed by atoms with Crippen LogP contribution < -0.4 is 21.0 Å². The molecule has 4 N–H and O–H groups in total. The van der Waals surface area contributed by atoms with Crippen molar-refractivity contribution in [3.63, 3.8) is 0 Å². The molecule has 1 aromatic rings. The summed E-state index contributed by atoms with van der Waals surface area (Å²) in [6.07, 6.45) is 3.84. The van der Waals surface area contributed by atoms with Crippen molar-refractivity contribution in [1.82, 2.24) is 15.8 Å². The first-order valence-corrected chi connectivity index (χ1v) is 9.62. The van der Waals surface area contributed by atoms with Gasteiger partial charge in [0.2, 0.25) is 0 Å². The lowest BCUT2D eigenvalue weighted by atomic mass is 9.82. The fraction of sp³-hybridized carbons (Fsp3) is 0.474. The number of quaternary nitrogens is 1. The SMILES string of the molecule is C[NH+](CC(=O)Nc1cccc(F)c1)CC(=O)NN1C(=O)NC2(CCCCC2)C1=O. The summed E-state index contributed by atoms with van der Waals surface area (Å²) in [7, 11) is 1.62. The zero-order valence-corrected chi connectivity index (χ0v) is 16.2. The molecule has 1 spiro atoms. The maximum absolute atomic E-state index is 13.2. The van der Waals surface area contributed by atoms with Gasteiger partial charge >= 0.3 is 6.03 Å². The molecule has 0 bridgehead atoms. The van der Waals surface area contributed by atoms with Crippen LogP contribution in [-0.4, -0.2) is 54.4 Å². The summed E-state index contributed by atoms with van der Waals surface area (Å²) in [6, 6.07) is 4.86. The summed E-state index contributed by atoms with van der Waals surface area (Å²) in [4.78, 5) is 49.7. The number of carbonyl (C=O) groups excluding carboxylic acids is 4. The number of hydrogen-bond donors (Lipinski definition) is 4. The number of nitrogens with one attached hydrogen (secondary N) is 4. The van der Waals surface area contributed by atoms with Gasteiger partial charge in [0.1, 0.15) is 11.4 Å². The van der Waals surface area contributed by atoms with Gasteiger partial charge in [0, 0.05) is 5.69 Å². The summed E-state index contributed by atoms with van der Waals surface area (Å²) < 4.78 is 13.2. The van der Waals surface area contributed by atoms with Crippen molar-refractivity contribution in [1.29, 1.82) is 0 Å². The predicted molar refractivity (Wildman–Crippen MR) is 101 cm³/mol. The third-order valence-corrected chi connectivity index (χ3v) is 5.14. The molecule has 1 heterocycles. The van der Waals surface area contributed by atoms with Gasteiger partial charge in [0.15, 0.2) is 13.1 Å². The smallest absolute Gasteiger partial charge is 0.322 e. The molecule has 29 heavy (non-hydrogen) atoms. The third kappa shape index (κ3) is 4.89. The minimum Gasteiger partial charge on any atom is -0.322 e. The number of amides is 5. The lowest BCUT2D eigenvalue weighted by molar-refractivity contribution is -0.862. The highest BCUT2D eigenvalue weighted by atomic mass is 19.1. The Balaban J connectivity index is 1.49. The molecule has 1 atom stereocenters. The van der Waals surface area contributed by atoms with Crippen LogP contribution in [0.15, 0.2) is 24.3 Å². The van der Waals surface area contributed by atoms with E-state index in [2.05, 4.69) is 16.1 Å². The van der Waals surface area contributed by atoms with E-state index in [0.29, 0.717) is 23.4 Å². The first-order chi connectivity index (χ1) is 13.8. The Morgan fingerprint density at radius 3 is 2.55 bits per heavy atom. The van der Waals surface area contributed by atoms with Crippen LogP contribution >= 0.6 is 0 Å². The molecule has 9 nitrogen and oxygen atoms in total. The number of nitrogens with zero attached hydrogens (tertiary/aromatic N) is 1. The fourth-order valence-corrected chi connectivity index (χ4v) is 3.76. The molecule has 10 heteroatoms. The molecule has 5 amide bonds. The zero-order valence-electron chi connectivity index (χ0n) is 16.2. The zero-order chi connectivity index (χ0) is 21.0. The van der Waals surface area contributed by atoms with Gasteiger partial charge in [-0.15, -0.1) is 0 Å². The van der Waals surface area contributed by atoms with Crippen molar-refractivity contribution in [3.05, 3.63) is 30.1 Å². The number of hydrogen-bond acceptors (Lipinski definition) is 4. The number of halogens is 1. The van der Waals surface area contributed by atoms with Gasteiger partial charge in [0.25, 0.3) is 17.7 Å². The lowest BCUT2D eigenvalue weighted by Crippen LogP contribution is -3.11. The van der Waals surface area contributed by atoms with Crippen LogP contribution in [0.25, 0.3) is 0 Å². The highest BCUT2D eigenvalue weighted by Crippen LogP contribution is 2.32. The van der Waals surface area contributed by atoms with Gasteiger partial charge < -0.3 is 15.5 Å². The van der Waals surface area contributed by atoms with Crippen LogP contribution in [0.4, 0.5) is 14.9 Å². The van der Waals surface area contributed by atoms with Gasteiger partial charge in [-0.1, -0.05) is 25.3 Å². The molecule has 3 rings (SSSR count). The molecule has 2 aliphatic rings. The second kappa shape index (κ2) is 8.56. The maximum atomic E-state index is 13.2. The Morgan fingerprint density at radius 1 is 1.17 bits per heavy atom. The van der Waals surface area contributed by atoms with Crippen LogP contribution in [0.5, 0.6) is 0 Å². The summed E-state index contributed by atoms with van der Waals surface area (Å²) >= 11 is 0. The van der Waals surface area contributed by atoms with Crippen LogP contribution in [0.3, 0.4) is 0 Å². The second-order valence-electron chi connectivity index (χ2n) is 7.62. The molecule has 1 saturated heterocycles. The van der Waals surface area contributed by atoms with E-state index in [0.717, 1.165) is 24.3 Å². The number of hydrazine groups is 1. The lowest BCUT2D eigenvalue weighted by Gasteiger charge is -2.30. The van der Waals surface area contributed by atoms with Crippen molar-refractivity contribution >= 4 is 29.4 Å². The molecule has 1 unspecified atom stereocenters. The summed E-state index contributed by atoms with van der Waals surface area (Å²) in [5.74, 6) is -1.85. The molecule has 1 saturated carbocycles. The summed E-state index contributed by atoms with van der Waals surface area (Å²) in [5.41, 5.74) is 1.75. The van der Waals surface area contributed by atoms with E-state index < -0.39 is 35.1 Å². The molecule has 156 valence electrons. The molecule has 1 aliphatic heterocycles. The standard InChI is InChI=1S/C19H24FN5O4/c1-24(11-15(26)21-14-7-5-6-13(20)10-14)12-16(27)23-25-17(28)19(22-18(25)29)8-3-2-4-9-19/h5-7,10H,2-4,8-9,11-12H2,1H3,(H,21,26)(H,22,29)(H,23,27)/p+1. The van der Waals surface area contributed by atoms with Gasteiger partial charge in [0.05, 0.1) is 7.05 Å². The molecule has 2 fully saturated rings. The van der Waals surface area contributed by atoms with Crippen molar-refractivity contribution in [2.45, 2.75) is 37.6 Å². The van der Waals surface area contributed by atoms with E-state index in [-0.39, 0.29) is 13.1 Å². The van der Waals surface area contributed by atoms with Gasteiger partial charge in [-0.05, 0) is 31.0 Å². The average Bonchev–Trinajstić information content (AvgIpc) is 2.86. The van der Waals surface area contributed by atoms with Gasteiger partial charge in [-0.3, -0.25) is 19.8 Å². The molecular formula is C19H25FN5O4+. The van der Waals surface area contributed by atoms with Gasteiger partial charge in [-0.2, -0.15) is 5.01 Å². The Hall–Kier alpha value is -3.01. The van der Waals surface area contributed by atoms with Crippen molar-refractivity contribution < 1.29 is 28.5 Å². The van der Waals surface area contributed by atoms with Crippen molar-refractivity contribution in [3.8, 4) is 0 Å². The largest absolute Gasteiger partial charge is 0.344 e. The van der Waals surface area contributed by atoms with E-state index >= 15 is 0 Å². The maximum Gasteiger partial charge on any atom is 0.344 e. The number of urea groups is 1. The van der Waals surface area contributed by atoms with E-state index in [9.17, 15) is 23.6 Å². The average molecular weight is 406 g/mol. The highest BCUT2D eigenvalue weighted by molar-refractivity contribution is 6.08. The fourth-order valence-electron chi connectivity index (χ4n) is 3.76.